The maximum Gasteiger partial charge on any atom is 0.269 e. The number of aromatic nitrogens is 1. The molecule has 150 valence electrons. The van der Waals surface area contributed by atoms with Gasteiger partial charge < -0.3 is 10.1 Å². The fourth-order valence-electron chi connectivity index (χ4n) is 3.14. The third-order valence-electron chi connectivity index (χ3n) is 4.29. The van der Waals surface area contributed by atoms with Crippen LogP contribution >= 0.6 is 11.3 Å². The van der Waals surface area contributed by atoms with Crippen LogP contribution in [0.15, 0.2) is 35.4 Å². The first kappa shape index (κ1) is 20.5. The van der Waals surface area contributed by atoms with Crippen LogP contribution in [-0.4, -0.2) is 26.5 Å². The number of hydrogen-bond donors (Lipinski definition) is 1. The second-order valence-electron chi connectivity index (χ2n) is 6.27. The van der Waals surface area contributed by atoms with Crippen molar-refractivity contribution < 1.29 is 21.9 Å². The average Bonchev–Trinajstić information content (AvgIpc) is 3.15. The molecular formula is C19H20F2N2O3S2. The normalized spacial score (nSPS) is 11.8. The van der Waals surface area contributed by atoms with Crippen molar-refractivity contribution in [1.82, 2.24) is 9.29 Å². The lowest BCUT2D eigenvalue weighted by molar-refractivity contribution is 0.411. The molecule has 0 aliphatic rings. The van der Waals surface area contributed by atoms with E-state index in [4.69, 9.17) is 4.74 Å². The van der Waals surface area contributed by atoms with Gasteiger partial charge in [-0.3, -0.25) is 0 Å². The molecule has 1 aromatic carbocycles. The van der Waals surface area contributed by atoms with Crippen LogP contribution < -0.4 is 10.1 Å². The largest absolute Gasteiger partial charge is 0.494 e. The summed E-state index contributed by atoms with van der Waals surface area (Å²) in [6.07, 6.45) is 1.41. The molecule has 0 radical (unpaired) electrons. The van der Waals surface area contributed by atoms with Gasteiger partial charge in [-0.05, 0) is 39.1 Å². The molecular weight excluding hydrogens is 406 g/mol. The molecule has 2 aromatic heterocycles. The minimum atomic E-state index is -4.03. The number of rotatable bonds is 6. The second-order valence-corrected chi connectivity index (χ2v) is 9.51. The summed E-state index contributed by atoms with van der Waals surface area (Å²) in [4.78, 5) is 1.62. The van der Waals surface area contributed by atoms with Crippen molar-refractivity contribution in [3.63, 3.8) is 0 Å². The molecule has 0 fully saturated rings. The highest BCUT2D eigenvalue weighted by molar-refractivity contribution is 7.90. The van der Waals surface area contributed by atoms with Crippen molar-refractivity contribution >= 4 is 21.4 Å². The number of ether oxygens (including phenoxy) is 1. The van der Waals surface area contributed by atoms with Crippen LogP contribution in [0.2, 0.25) is 0 Å². The minimum Gasteiger partial charge on any atom is -0.494 e. The maximum absolute atomic E-state index is 14.6. The monoisotopic (exact) mass is 426 g/mol. The van der Waals surface area contributed by atoms with Crippen molar-refractivity contribution in [1.29, 1.82) is 0 Å². The molecule has 3 rings (SSSR count). The maximum atomic E-state index is 14.6. The highest BCUT2D eigenvalue weighted by atomic mass is 32.2. The minimum absolute atomic E-state index is 0.0218. The van der Waals surface area contributed by atoms with E-state index in [1.165, 1.54) is 30.7 Å². The van der Waals surface area contributed by atoms with E-state index in [-0.39, 0.29) is 21.9 Å². The molecule has 0 atom stereocenters. The summed E-state index contributed by atoms with van der Waals surface area (Å²) in [5.41, 5.74) is 0.499. The van der Waals surface area contributed by atoms with E-state index >= 15 is 0 Å². The summed E-state index contributed by atoms with van der Waals surface area (Å²) in [6, 6.07) is 4.60. The molecule has 0 spiro atoms. The third kappa shape index (κ3) is 3.45. The molecule has 3 aromatic rings. The summed E-state index contributed by atoms with van der Waals surface area (Å²) in [5, 5.41) is 2.94. The van der Waals surface area contributed by atoms with E-state index in [0.717, 1.165) is 21.0 Å². The van der Waals surface area contributed by atoms with Gasteiger partial charge in [-0.2, -0.15) is 0 Å². The number of methoxy groups -OCH3 is 1. The summed E-state index contributed by atoms with van der Waals surface area (Å²) in [7, 11) is -0.936. The molecule has 9 heteroatoms. The molecule has 2 heterocycles. The van der Waals surface area contributed by atoms with Crippen LogP contribution in [0, 0.1) is 25.5 Å². The van der Waals surface area contributed by atoms with Gasteiger partial charge in [0, 0.05) is 39.7 Å². The van der Waals surface area contributed by atoms with Crippen LogP contribution in [-0.2, 0) is 16.6 Å². The zero-order valence-electron chi connectivity index (χ0n) is 15.8. The van der Waals surface area contributed by atoms with Crippen molar-refractivity contribution in [2.45, 2.75) is 25.3 Å². The molecule has 0 bridgehead atoms. The summed E-state index contributed by atoms with van der Waals surface area (Å²) >= 11 is 1.36. The van der Waals surface area contributed by atoms with E-state index < -0.39 is 21.7 Å². The van der Waals surface area contributed by atoms with Crippen molar-refractivity contribution in [3.8, 4) is 17.0 Å². The Bertz CT molecular complexity index is 1130. The second kappa shape index (κ2) is 7.65. The lowest BCUT2D eigenvalue weighted by Gasteiger charge is -2.13. The number of nitrogens with one attached hydrogen (secondary N) is 1. The smallest absolute Gasteiger partial charge is 0.269 e. The first-order chi connectivity index (χ1) is 13.2. The van der Waals surface area contributed by atoms with Gasteiger partial charge in [-0.1, -0.05) is 0 Å². The van der Waals surface area contributed by atoms with Crippen LogP contribution in [0.5, 0.6) is 5.75 Å². The highest BCUT2D eigenvalue weighted by Crippen LogP contribution is 2.40. The van der Waals surface area contributed by atoms with Gasteiger partial charge in [-0.15, -0.1) is 11.3 Å². The van der Waals surface area contributed by atoms with E-state index in [9.17, 15) is 17.2 Å². The molecule has 5 nitrogen and oxygen atoms in total. The SMILES string of the molecule is CNCc1cn(S(=O)(=O)c2cc(C)sc2C)c(-c2ccc(F)cc2F)c1OC. The Balaban J connectivity index is 2.36. The summed E-state index contributed by atoms with van der Waals surface area (Å²) < 4.78 is 61.3. The Morgan fingerprint density at radius 3 is 2.46 bits per heavy atom. The number of thiophene rings is 1. The Labute approximate surface area is 166 Å². The van der Waals surface area contributed by atoms with E-state index in [0.29, 0.717) is 17.0 Å². The van der Waals surface area contributed by atoms with Crippen LogP contribution in [0.4, 0.5) is 8.78 Å². The Hall–Kier alpha value is -2.23. The average molecular weight is 427 g/mol. The van der Waals surface area contributed by atoms with Gasteiger partial charge in [0.25, 0.3) is 10.0 Å². The number of benzene rings is 1. The molecule has 0 saturated heterocycles. The predicted octanol–water partition coefficient (Wildman–Crippen LogP) is 4.08. The number of halogens is 2. The van der Waals surface area contributed by atoms with E-state index in [1.54, 1.807) is 20.0 Å². The van der Waals surface area contributed by atoms with Crippen LogP contribution in [0.3, 0.4) is 0 Å². The Morgan fingerprint density at radius 1 is 1.21 bits per heavy atom. The molecule has 28 heavy (non-hydrogen) atoms. The Morgan fingerprint density at radius 2 is 1.93 bits per heavy atom. The van der Waals surface area contributed by atoms with Crippen molar-refractivity contribution in [3.05, 3.63) is 57.4 Å². The van der Waals surface area contributed by atoms with Crippen LogP contribution in [0.25, 0.3) is 11.3 Å². The highest BCUT2D eigenvalue weighted by Gasteiger charge is 2.30. The van der Waals surface area contributed by atoms with Crippen molar-refractivity contribution in [2.75, 3.05) is 14.2 Å². The summed E-state index contributed by atoms with van der Waals surface area (Å²) in [5.74, 6) is -1.41. The topological polar surface area (TPSA) is 60.3 Å². The van der Waals surface area contributed by atoms with Crippen LogP contribution in [0.1, 0.15) is 15.3 Å². The number of hydrogen-bond acceptors (Lipinski definition) is 5. The molecule has 0 amide bonds. The summed E-state index contributed by atoms with van der Waals surface area (Å²) in [6.45, 7) is 3.85. The quantitative estimate of drug-likeness (QED) is 0.645. The predicted molar refractivity (Wildman–Crippen MR) is 105 cm³/mol. The molecule has 1 N–H and O–H groups in total. The van der Waals surface area contributed by atoms with Gasteiger partial charge in [-0.25, -0.2) is 21.2 Å². The molecule has 0 unspecified atom stereocenters. The fourth-order valence-corrected chi connectivity index (χ4v) is 6.07. The zero-order chi connectivity index (χ0) is 20.6. The lowest BCUT2D eigenvalue weighted by Crippen LogP contribution is -2.14. The van der Waals surface area contributed by atoms with Gasteiger partial charge in [0.15, 0.2) is 0 Å². The first-order valence-corrected chi connectivity index (χ1v) is 10.7. The lowest BCUT2D eigenvalue weighted by atomic mass is 10.1. The van der Waals surface area contributed by atoms with Gasteiger partial charge in [0.05, 0.1) is 7.11 Å². The standard InChI is InChI=1S/C19H20F2N2O3S2/c1-11-7-17(12(2)27-11)28(24,25)23-10-13(9-22-3)19(26-4)18(23)15-6-5-14(20)8-16(15)21/h5-8,10,22H,9H2,1-4H3. The third-order valence-corrected chi connectivity index (χ3v) is 7.17. The molecule has 0 aliphatic carbocycles. The molecule has 0 saturated carbocycles. The van der Waals surface area contributed by atoms with E-state index in [1.807, 2.05) is 6.92 Å². The van der Waals surface area contributed by atoms with Crippen molar-refractivity contribution in [2.24, 2.45) is 0 Å². The zero-order valence-corrected chi connectivity index (χ0v) is 17.5. The van der Waals surface area contributed by atoms with Gasteiger partial charge in [0.1, 0.15) is 28.0 Å². The van der Waals surface area contributed by atoms with Gasteiger partial charge >= 0.3 is 0 Å². The number of aryl methyl sites for hydroxylation is 2. The van der Waals surface area contributed by atoms with Gasteiger partial charge in [0.2, 0.25) is 0 Å². The van der Waals surface area contributed by atoms with E-state index in [2.05, 4.69) is 5.32 Å². The molecule has 0 aliphatic heterocycles. The first-order valence-electron chi connectivity index (χ1n) is 8.41. The number of nitrogens with zero attached hydrogens (tertiary/aromatic N) is 1. The fraction of sp³-hybridized carbons (Fsp3) is 0.263. The Kier molecular flexibility index (Phi) is 5.60.